The Morgan fingerprint density at radius 3 is 0.806 bits per heavy atom. The molecule has 0 atom stereocenters. The Kier molecular flexibility index (Phi) is 42.0. The Balaban J connectivity index is -0.000000174. The predicted molar refractivity (Wildman–Crippen MR) is 137 cm³/mol. The monoisotopic (exact) mass is 582 g/mol. The van der Waals surface area contributed by atoms with E-state index < -0.39 is 0 Å². The molecule has 186 valence electrons. The third-order valence-corrected chi connectivity index (χ3v) is 3.74. The molecule has 6 nitrogen and oxygen atoms in total. The molecule has 0 N–H and O–H groups in total. The van der Waals surface area contributed by atoms with Crippen LogP contribution in [0.3, 0.4) is 0 Å². The van der Waals surface area contributed by atoms with Crippen LogP contribution in [0, 0.1) is 38.6 Å². The van der Waals surface area contributed by atoms with E-state index in [1.54, 1.807) is 0 Å². The van der Waals surface area contributed by atoms with Gasteiger partial charge in [0.25, 0.3) is 0 Å². The molecule has 0 aromatic heterocycles. The molecule has 0 aliphatic heterocycles. The minimum atomic E-state index is 0. The van der Waals surface area contributed by atoms with Gasteiger partial charge in [-0.3, -0.25) is 19.0 Å². The smallest absolute Gasteiger partial charge is 0.538 e. The van der Waals surface area contributed by atoms with Gasteiger partial charge in [0.1, 0.15) is 0 Å². The topological polar surface area (TPSA) is 46.8 Å². The molecule has 0 aliphatic rings. The van der Waals surface area contributed by atoms with Crippen LogP contribution in [0.4, 0.5) is 0 Å². The molecule has 0 unspecified atom stereocenters. The van der Waals surface area contributed by atoms with E-state index in [9.17, 15) is 0 Å². The van der Waals surface area contributed by atoms with Crippen molar-refractivity contribution < 1.29 is 38.6 Å². The number of rotatable bonds is 15. The van der Waals surface area contributed by atoms with E-state index in [4.69, 9.17) is 0 Å². The Hall–Kier alpha value is -0.304. The summed E-state index contributed by atoms with van der Waals surface area (Å²) in [6, 6.07) is 0. The van der Waals surface area contributed by atoms with Gasteiger partial charge >= 0.3 is 38.6 Å². The van der Waals surface area contributed by atoms with Crippen molar-refractivity contribution in [2.75, 3.05) is 58.9 Å². The molecule has 0 saturated heterocycles. The van der Waals surface area contributed by atoms with Crippen LogP contribution in [0.5, 0.6) is 0 Å². The van der Waals surface area contributed by atoms with E-state index in [0.29, 0.717) is 0 Å². The van der Waals surface area contributed by atoms with Crippen LogP contribution in [-0.2, 0) is 0 Å². The first-order valence-electron chi connectivity index (χ1n) is 12.1. The largest absolute Gasteiger partial charge is 3.00 e. The summed E-state index contributed by atoms with van der Waals surface area (Å²) < 4.78 is 0. The van der Waals surface area contributed by atoms with Gasteiger partial charge in [0.2, 0.25) is 0 Å². The molecule has 0 radical (unpaired) electrons. The Bertz CT molecular complexity index is 331. The van der Waals surface area contributed by atoms with Gasteiger partial charge < -0.3 is 29.7 Å². The van der Waals surface area contributed by atoms with Gasteiger partial charge in [-0.05, 0) is 98.9 Å². The summed E-state index contributed by atoms with van der Waals surface area (Å²) in [4.78, 5) is 18.4. The summed E-state index contributed by atoms with van der Waals surface area (Å²) in [5.41, 5.74) is 0. The molecular weight excluding hydrogens is 531 g/mol. The zero-order chi connectivity index (χ0) is 23.5. The summed E-state index contributed by atoms with van der Waals surface area (Å²) in [5, 5.41) is 0. The maximum Gasteiger partial charge on any atom is 3.00 e. The predicted octanol–water partition coefficient (Wildman–Crippen LogP) is 4.93. The normalized spacial score (nSPS) is 10.4. The van der Waals surface area contributed by atoms with Crippen LogP contribution in [0.1, 0.15) is 81.6 Å². The van der Waals surface area contributed by atoms with Gasteiger partial charge in [0, 0.05) is 0 Å². The molecule has 0 amide bonds. The number of hydrogen-bond acceptors (Lipinski definition) is 3. The first-order chi connectivity index (χ1) is 14.5. The first kappa shape index (κ1) is 38.0. The quantitative estimate of drug-likeness (QED) is 0.119. The van der Waals surface area contributed by atoms with Gasteiger partial charge in [-0.15, -0.1) is 0 Å². The number of hydrogen-bond donors (Lipinski definition) is 0. The van der Waals surface area contributed by atoms with Crippen molar-refractivity contribution in [2.45, 2.75) is 81.6 Å². The van der Waals surface area contributed by atoms with Gasteiger partial charge in [-0.25, -0.2) is 0 Å². The molecular formula is C24H51N6Tb. The number of aliphatic imine (C=N–C) groups is 3. The van der Waals surface area contributed by atoms with Crippen molar-refractivity contribution >= 4 is 19.0 Å². The molecule has 0 rings (SSSR count). The second-order valence-corrected chi connectivity index (χ2v) is 6.46. The molecule has 0 aromatic carbocycles. The summed E-state index contributed by atoms with van der Waals surface area (Å²) in [7, 11) is 0. The van der Waals surface area contributed by atoms with E-state index in [2.05, 4.69) is 90.2 Å². The van der Waals surface area contributed by atoms with E-state index in [1.165, 1.54) is 19.3 Å². The van der Waals surface area contributed by atoms with Crippen LogP contribution >= 0.6 is 0 Å². The fourth-order valence-corrected chi connectivity index (χ4v) is 2.16. The van der Waals surface area contributed by atoms with Crippen LogP contribution in [0.25, 0.3) is 0 Å². The zero-order valence-electron chi connectivity index (χ0n) is 22.0. The van der Waals surface area contributed by atoms with Crippen molar-refractivity contribution in [1.82, 2.24) is 14.7 Å². The van der Waals surface area contributed by atoms with E-state index in [0.717, 1.165) is 58.9 Å². The minimum absolute atomic E-state index is 0. The average Bonchev–Trinajstić information content (AvgIpc) is 2.77. The van der Waals surface area contributed by atoms with Gasteiger partial charge in [-0.1, -0.05) is 41.5 Å². The fourth-order valence-electron chi connectivity index (χ4n) is 2.16. The summed E-state index contributed by atoms with van der Waals surface area (Å²) >= 11 is 0. The number of nitrogens with zero attached hydrogens (tertiary/aromatic N) is 6. The minimum Gasteiger partial charge on any atom is -0.538 e. The van der Waals surface area contributed by atoms with Gasteiger partial charge in [0.15, 0.2) is 0 Å². The fraction of sp³-hybridized carbons (Fsp3) is 0.875. The second-order valence-electron chi connectivity index (χ2n) is 6.46. The van der Waals surface area contributed by atoms with Crippen molar-refractivity contribution in [3.63, 3.8) is 0 Å². The van der Waals surface area contributed by atoms with Crippen LogP contribution in [0.15, 0.2) is 15.0 Å². The third-order valence-electron chi connectivity index (χ3n) is 3.74. The maximum atomic E-state index is 4.04. The molecule has 7 heteroatoms. The Labute approximate surface area is 226 Å². The average molecular weight is 583 g/mol. The van der Waals surface area contributed by atoms with Crippen LogP contribution < -0.4 is 0 Å². The Morgan fingerprint density at radius 1 is 0.452 bits per heavy atom. The van der Waals surface area contributed by atoms with Crippen LogP contribution in [-0.4, -0.2) is 92.6 Å². The van der Waals surface area contributed by atoms with Crippen molar-refractivity contribution in [1.29, 1.82) is 0 Å². The molecule has 0 aliphatic carbocycles. The standard InChI is InChI=1S/3C8H17N2.Tb/c3*1-4-7-10(6-3)8-9-5-2;/h3*4-7H2,1-3H3;/q3*-1;+3. The second kappa shape index (κ2) is 34.3. The molecule has 0 spiro atoms. The molecule has 0 heterocycles. The maximum absolute atomic E-state index is 4.04. The molecule has 31 heavy (non-hydrogen) atoms. The third kappa shape index (κ3) is 32.0. The summed E-state index contributed by atoms with van der Waals surface area (Å²) in [6.45, 7) is 27.7. The molecule has 0 aromatic rings. The zero-order valence-corrected chi connectivity index (χ0v) is 24.1. The first-order valence-corrected chi connectivity index (χ1v) is 12.1. The Morgan fingerprint density at radius 2 is 0.677 bits per heavy atom. The summed E-state index contributed by atoms with van der Waals surface area (Å²) in [5.74, 6) is 0. The van der Waals surface area contributed by atoms with Crippen LogP contribution in [0.2, 0.25) is 0 Å². The molecule has 0 bridgehead atoms. The molecule has 0 saturated carbocycles. The SMILES string of the molecule is CCCN([C-]=NCC)CC.CCCN([C-]=NCC)CC.CCCN([C-]=NCC)CC.[Tb+3]. The summed E-state index contributed by atoms with van der Waals surface area (Å²) in [6.07, 6.45) is 12.4. The molecule has 0 fully saturated rings. The van der Waals surface area contributed by atoms with Gasteiger partial charge in [-0.2, -0.15) is 0 Å². The van der Waals surface area contributed by atoms with Crippen molar-refractivity contribution in [2.24, 2.45) is 15.0 Å². The van der Waals surface area contributed by atoms with Gasteiger partial charge in [0.05, 0.1) is 0 Å². The van der Waals surface area contributed by atoms with E-state index in [1.807, 2.05) is 20.8 Å². The van der Waals surface area contributed by atoms with Crippen molar-refractivity contribution in [3.8, 4) is 0 Å². The van der Waals surface area contributed by atoms with E-state index >= 15 is 0 Å². The van der Waals surface area contributed by atoms with E-state index in [-0.39, 0.29) is 38.6 Å². The van der Waals surface area contributed by atoms with Crippen molar-refractivity contribution in [3.05, 3.63) is 0 Å².